The first-order chi connectivity index (χ1) is 18.2. The molecule has 0 spiro atoms. The van der Waals surface area contributed by atoms with Crippen LogP contribution >= 0.6 is 23.5 Å². The van der Waals surface area contributed by atoms with Crippen LogP contribution < -0.4 is 32.4 Å². The first-order valence-corrected chi connectivity index (χ1v) is 13.0. The van der Waals surface area contributed by atoms with Crippen molar-refractivity contribution in [2.24, 2.45) is 0 Å². The van der Waals surface area contributed by atoms with Crippen LogP contribution in [-0.4, -0.2) is 25.8 Å². The fourth-order valence-corrected chi connectivity index (χ4v) is 6.30. The Balaban J connectivity index is 1.60. The van der Waals surface area contributed by atoms with Crippen molar-refractivity contribution in [3.63, 3.8) is 0 Å². The maximum Gasteiger partial charge on any atom is 0.198 e. The molecule has 1 aliphatic rings. The van der Waals surface area contributed by atoms with E-state index >= 15 is 0 Å². The molecule has 4 aromatic carbocycles. The SMILES string of the molecule is COc1cccc(Sc2cc(N)c3c(c2N)C(=O)c2c(N)cc(Sc4cccc(OC)c4)c(N)c2C3=O)c1. The zero-order valence-electron chi connectivity index (χ0n) is 20.5. The van der Waals surface area contributed by atoms with Crippen LogP contribution in [0.5, 0.6) is 11.5 Å². The Hall–Kier alpha value is -4.28. The topological polar surface area (TPSA) is 157 Å². The lowest BCUT2D eigenvalue weighted by atomic mass is 9.81. The molecule has 0 aliphatic heterocycles. The van der Waals surface area contributed by atoms with Crippen molar-refractivity contribution in [3.8, 4) is 11.5 Å². The largest absolute Gasteiger partial charge is 0.497 e. The van der Waals surface area contributed by atoms with Gasteiger partial charge in [0.2, 0.25) is 0 Å². The molecule has 10 heteroatoms. The third kappa shape index (κ3) is 4.27. The molecule has 0 aromatic heterocycles. The molecule has 0 saturated heterocycles. The van der Waals surface area contributed by atoms with E-state index in [1.54, 1.807) is 26.4 Å². The second-order valence-corrected chi connectivity index (χ2v) is 10.7. The van der Waals surface area contributed by atoms with Crippen molar-refractivity contribution < 1.29 is 19.1 Å². The summed E-state index contributed by atoms with van der Waals surface area (Å²) >= 11 is 2.62. The molecule has 192 valence electrons. The monoisotopic (exact) mass is 544 g/mol. The van der Waals surface area contributed by atoms with Crippen molar-refractivity contribution in [1.29, 1.82) is 0 Å². The average molecular weight is 545 g/mol. The highest BCUT2D eigenvalue weighted by molar-refractivity contribution is 7.99. The highest BCUT2D eigenvalue weighted by atomic mass is 32.2. The van der Waals surface area contributed by atoms with Crippen LogP contribution in [0.1, 0.15) is 31.8 Å². The number of ether oxygens (including phenoxy) is 2. The quantitative estimate of drug-likeness (QED) is 0.212. The van der Waals surface area contributed by atoms with E-state index in [4.69, 9.17) is 32.4 Å². The minimum Gasteiger partial charge on any atom is -0.497 e. The van der Waals surface area contributed by atoms with Gasteiger partial charge in [0.25, 0.3) is 0 Å². The standard InChI is InChI=1S/C28H24N4O4S2/c1-35-13-5-3-7-15(9-13)37-19-11-17(29)21-23(25(19)31)27(33)22-18(30)12-20(26(32)24(22)28(21)34)38-16-8-4-6-14(10-16)36-2/h3-12H,29-32H2,1-2H3. The molecule has 0 bridgehead atoms. The Morgan fingerprint density at radius 2 is 0.974 bits per heavy atom. The van der Waals surface area contributed by atoms with Gasteiger partial charge in [-0.2, -0.15) is 0 Å². The highest BCUT2D eigenvalue weighted by Crippen LogP contribution is 2.47. The zero-order chi connectivity index (χ0) is 27.1. The van der Waals surface area contributed by atoms with Crippen molar-refractivity contribution in [2.75, 3.05) is 37.2 Å². The number of nitrogens with two attached hydrogens (primary N) is 4. The fourth-order valence-electron chi connectivity index (χ4n) is 4.35. The van der Waals surface area contributed by atoms with Gasteiger partial charge in [-0.05, 0) is 48.5 Å². The number of hydrogen-bond acceptors (Lipinski definition) is 10. The van der Waals surface area contributed by atoms with Crippen molar-refractivity contribution >= 4 is 57.8 Å². The Morgan fingerprint density at radius 3 is 1.34 bits per heavy atom. The number of methoxy groups -OCH3 is 2. The maximum atomic E-state index is 13.8. The van der Waals surface area contributed by atoms with E-state index in [0.717, 1.165) is 9.79 Å². The molecule has 0 atom stereocenters. The second-order valence-electron chi connectivity index (χ2n) is 8.48. The first-order valence-electron chi connectivity index (χ1n) is 11.4. The molecule has 8 nitrogen and oxygen atoms in total. The third-order valence-electron chi connectivity index (χ3n) is 6.17. The number of benzene rings is 4. The first kappa shape index (κ1) is 25.4. The number of anilines is 4. The number of carbonyl (C=O) groups is 2. The van der Waals surface area contributed by atoms with Gasteiger partial charge in [0.05, 0.1) is 47.8 Å². The predicted molar refractivity (Wildman–Crippen MR) is 152 cm³/mol. The summed E-state index contributed by atoms with van der Waals surface area (Å²) in [5.41, 5.74) is 26.4. The van der Waals surface area contributed by atoms with Crippen LogP contribution in [-0.2, 0) is 0 Å². The van der Waals surface area contributed by atoms with Crippen LogP contribution in [0.15, 0.2) is 80.2 Å². The summed E-state index contributed by atoms with van der Waals surface area (Å²) in [6.45, 7) is 0. The maximum absolute atomic E-state index is 13.8. The fraction of sp³-hybridized carbons (Fsp3) is 0.0714. The minimum absolute atomic E-state index is 0.0321. The smallest absolute Gasteiger partial charge is 0.198 e. The molecular weight excluding hydrogens is 520 g/mol. The van der Waals surface area contributed by atoms with Crippen LogP contribution in [0.4, 0.5) is 22.7 Å². The van der Waals surface area contributed by atoms with Crippen molar-refractivity contribution in [3.05, 3.63) is 82.9 Å². The second kappa shape index (κ2) is 9.88. The van der Waals surface area contributed by atoms with E-state index in [2.05, 4.69) is 0 Å². The minimum atomic E-state index is -0.492. The Bertz CT molecular complexity index is 1520. The Kier molecular flexibility index (Phi) is 6.60. The molecule has 0 amide bonds. The van der Waals surface area contributed by atoms with Gasteiger partial charge >= 0.3 is 0 Å². The molecule has 0 saturated carbocycles. The van der Waals surface area contributed by atoms with E-state index in [0.29, 0.717) is 21.3 Å². The van der Waals surface area contributed by atoms with Crippen LogP contribution in [0, 0.1) is 0 Å². The Labute approximate surface area is 227 Å². The normalized spacial score (nSPS) is 12.2. The summed E-state index contributed by atoms with van der Waals surface area (Å²) in [6, 6.07) is 18.0. The molecule has 0 heterocycles. The molecule has 0 unspecified atom stereocenters. The molecule has 0 radical (unpaired) electrons. The molecule has 1 aliphatic carbocycles. The van der Waals surface area contributed by atoms with Gasteiger partial charge < -0.3 is 32.4 Å². The number of nitrogen functional groups attached to an aromatic ring is 4. The average Bonchev–Trinajstić information content (AvgIpc) is 2.91. The third-order valence-corrected chi connectivity index (χ3v) is 8.26. The molecular formula is C28H24N4O4S2. The molecule has 38 heavy (non-hydrogen) atoms. The van der Waals surface area contributed by atoms with Gasteiger partial charge in [0, 0.05) is 31.0 Å². The van der Waals surface area contributed by atoms with Gasteiger partial charge in [-0.25, -0.2) is 0 Å². The summed E-state index contributed by atoms with van der Waals surface area (Å²) in [4.78, 5) is 30.3. The lowest BCUT2D eigenvalue weighted by Crippen LogP contribution is -2.27. The van der Waals surface area contributed by atoms with Gasteiger partial charge in [0.15, 0.2) is 11.6 Å². The van der Waals surface area contributed by atoms with E-state index in [1.807, 2.05) is 48.5 Å². The van der Waals surface area contributed by atoms with Crippen LogP contribution in [0.3, 0.4) is 0 Å². The van der Waals surface area contributed by atoms with Gasteiger partial charge in [-0.1, -0.05) is 35.7 Å². The lowest BCUT2D eigenvalue weighted by Gasteiger charge is -2.25. The zero-order valence-corrected chi connectivity index (χ0v) is 22.2. The predicted octanol–water partition coefficient (Wildman–Crippen LogP) is 5.11. The van der Waals surface area contributed by atoms with E-state index in [-0.39, 0.29) is 45.0 Å². The van der Waals surface area contributed by atoms with Crippen molar-refractivity contribution in [1.82, 2.24) is 0 Å². The van der Waals surface area contributed by atoms with E-state index in [1.165, 1.54) is 23.5 Å². The molecule has 4 aromatic rings. The summed E-state index contributed by atoms with van der Waals surface area (Å²) in [5.74, 6) is 0.360. The van der Waals surface area contributed by atoms with Crippen LogP contribution in [0.2, 0.25) is 0 Å². The molecule has 8 N–H and O–H groups in total. The van der Waals surface area contributed by atoms with Crippen LogP contribution in [0.25, 0.3) is 0 Å². The number of carbonyl (C=O) groups excluding carboxylic acids is 2. The number of ketones is 2. The van der Waals surface area contributed by atoms with Gasteiger partial charge in [0.1, 0.15) is 11.5 Å². The van der Waals surface area contributed by atoms with E-state index in [9.17, 15) is 9.59 Å². The number of hydrogen-bond donors (Lipinski definition) is 4. The van der Waals surface area contributed by atoms with Gasteiger partial charge in [-0.3, -0.25) is 9.59 Å². The molecule has 0 fully saturated rings. The number of rotatable bonds is 6. The number of fused-ring (bicyclic) bond motifs is 2. The molecule has 5 rings (SSSR count). The summed E-state index contributed by atoms with van der Waals surface area (Å²) in [5, 5.41) is 0. The lowest BCUT2D eigenvalue weighted by molar-refractivity contribution is 0.0981. The van der Waals surface area contributed by atoms with E-state index < -0.39 is 11.6 Å². The summed E-state index contributed by atoms with van der Waals surface area (Å²) < 4.78 is 10.6. The summed E-state index contributed by atoms with van der Waals surface area (Å²) in [6.07, 6.45) is 0. The Morgan fingerprint density at radius 1 is 0.579 bits per heavy atom. The summed E-state index contributed by atoms with van der Waals surface area (Å²) in [7, 11) is 3.15. The van der Waals surface area contributed by atoms with Gasteiger partial charge in [-0.15, -0.1) is 0 Å². The van der Waals surface area contributed by atoms with Crippen molar-refractivity contribution in [2.45, 2.75) is 19.6 Å². The highest BCUT2D eigenvalue weighted by Gasteiger charge is 2.38.